The van der Waals surface area contributed by atoms with Crippen LogP contribution in [0.15, 0.2) is 65.2 Å². The van der Waals surface area contributed by atoms with Crippen LogP contribution in [0.25, 0.3) is 5.76 Å². The number of aliphatic hydroxyl groups excluding tert-OH is 1. The fourth-order valence-corrected chi connectivity index (χ4v) is 4.01. The van der Waals surface area contributed by atoms with Crippen LogP contribution in [-0.4, -0.2) is 33.5 Å². The first-order valence-corrected chi connectivity index (χ1v) is 10.4. The minimum absolute atomic E-state index is 0.0718. The van der Waals surface area contributed by atoms with Crippen molar-refractivity contribution in [2.24, 2.45) is 7.05 Å². The number of aryl methyl sites for hydroxylation is 2. The van der Waals surface area contributed by atoms with Gasteiger partial charge in [0.05, 0.1) is 18.4 Å². The molecule has 0 aliphatic carbocycles. The van der Waals surface area contributed by atoms with Crippen LogP contribution >= 0.6 is 11.6 Å². The van der Waals surface area contributed by atoms with E-state index in [4.69, 9.17) is 16.3 Å². The molecule has 9 heteroatoms. The fourth-order valence-electron chi connectivity index (χ4n) is 3.88. The van der Waals surface area contributed by atoms with E-state index in [0.29, 0.717) is 21.8 Å². The molecule has 3 aromatic rings. The van der Waals surface area contributed by atoms with Gasteiger partial charge in [0.15, 0.2) is 5.78 Å². The van der Waals surface area contributed by atoms with Gasteiger partial charge in [-0.25, -0.2) is 4.98 Å². The summed E-state index contributed by atoms with van der Waals surface area (Å²) < 4.78 is 6.52. The number of nitrogens with zero attached hydrogens (tertiary/aromatic N) is 3. The summed E-state index contributed by atoms with van der Waals surface area (Å²) in [5.74, 6) is -1.76. The number of anilines is 1. The highest BCUT2D eigenvalue weighted by molar-refractivity contribution is 6.36. The van der Waals surface area contributed by atoms with Crippen LogP contribution in [0.1, 0.15) is 22.7 Å². The van der Waals surface area contributed by atoms with Gasteiger partial charge in [0.1, 0.15) is 17.4 Å². The van der Waals surface area contributed by atoms with Crippen LogP contribution in [0.2, 0.25) is 5.02 Å². The van der Waals surface area contributed by atoms with Gasteiger partial charge in [-0.15, -0.1) is 0 Å². The summed E-state index contributed by atoms with van der Waals surface area (Å²) in [5, 5.41) is 11.5. The quantitative estimate of drug-likeness (QED) is 0.360. The molecule has 1 aliphatic rings. The summed E-state index contributed by atoms with van der Waals surface area (Å²) >= 11 is 6.01. The van der Waals surface area contributed by atoms with Gasteiger partial charge in [-0.05, 0) is 42.8 Å². The third kappa shape index (κ3) is 3.78. The highest BCUT2D eigenvalue weighted by Gasteiger charge is 2.47. The molecule has 1 aromatic carbocycles. The Balaban J connectivity index is 1.96. The summed E-state index contributed by atoms with van der Waals surface area (Å²) in [6.07, 6.45) is 2.95. The lowest BCUT2D eigenvalue weighted by Gasteiger charge is -2.24. The Morgan fingerprint density at radius 2 is 1.85 bits per heavy atom. The number of Topliss-reactive ketones (excluding diaryl/α,β-unsaturated/α-hetero) is 1. The van der Waals surface area contributed by atoms with E-state index in [-0.39, 0.29) is 17.0 Å². The van der Waals surface area contributed by atoms with E-state index in [9.17, 15) is 19.5 Å². The summed E-state index contributed by atoms with van der Waals surface area (Å²) in [4.78, 5) is 44.7. The Hall–Kier alpha value is -3.91. The van der Waals surface area contributed by atoms with E-state index < -0.39 is 29.1 Å². The number of pyridine rings is 2. The van der Waals surface area contributed by atoms with Gasteiger partial charge in [-0.1, -0.05) is 23.7 Å². The monoisotopic (exact) mass is 465 g/mol. The number of ether oxygens (including phenoxy) is 1. The maximum atomic E-state index is 13.6. The lowest BCUT2D eigenvalue weighted by molar-refractivity contribution is -0.116. The molecule has 1 fully saturated rings. The highest BCUT2D eigenvalue weighted by atomic mass is 35.5. The predicted molar refractivity (Wildman–Crippen MR) is 123 cm³/mol. The molecule has 1 atom stereocenters. The molecule has 33 heavy (non-hydrogen) atoms. The molecule has 2 aromatic heterocycles. The Morgan fingerprint density at radius 1 is 1.15 bits per heavy atom. The van der Waals surface area contributed by atoms with Crippen LogP contribution in [-0.2, 0) is 16.6 Å². The molecule has 1 saturated heterocycles. The third-order valence-electron chi connectivity index (χ3n) is 5.45. The van der Waals surface area contributed by atoms with Crippen LogP contribution in [0.4, 0.5) is 5.69 Å². The maximum absolute atomic E-state index is 13.6. The summed E-state index contributed by atoms with van der Waals surface area (Å²) in [5.41, 5.74) is 0.746. The maximum Gasteiger partial charge on any atom is 0.266 e. The number of methoxy groups -OCH3 is 1. The Morgan fingerprint density at radius 3 is 2.48 bits per heavy atom. The van der Waals surface area contributed by atoms with Gasteiger partial charge < -0.3 is 14.4 Å². The van der Waals surface area contributed by atoms with Crippen LogP contribution in [0, 0.1) is 6.92 Å². The Bertz CT molecular complexity index is 1340. The van der Waals surface area contributed by atoms with Crippen LogP contribution in [0.5, 0.6) is 5.88 Å². The Labute approximate surface area is 194 Å². The summed E-state index contributed by atoms with van der Waals surface area (Å²) in [6.45, 7) is 1.63. The number of carbonyl (C=O) groups excluding carboxylic acids is 2. The minimum Gasteiger partial charge on any atom is -0.506 e. The van der Waals surface area contributed by atoms with Crippen molar-refractivity contribution in [3.63, 3.8) is 0 Å². The first kappa shape index (κ1) is 22.3. The molecule has 1 aliphatic heterocycles. The zero-order valence-electron chi connectivity index (χ0n) is 18.1. The molecule has 4 rings (SSSR count). The molecule has 0 saturated carbocycles. The summed E-state index contributed by atoms with van der Waals surface area (Å²) in [6, 6.07) is 10.1. The first-order chi connectivity index (χ1) is 15.7. The largest absolute Gasteiger partial charge is 0.506 e. The van der Waals surface area contributed by atoms with E-state index in [1.54, 1.807) is 50.4 Å². The van der Waals surface area contributed by atoms with Crippen molar-refractivity contribution < 1.29 is 19.4 Å². The highest BCUT2D eigenvalue weighted by Crippen LogP contribution is 2.40. The Kier molecular flexibility index (Phi) is 5.78. The third-order valence-corrected chi connectivity index (χ3v) is 5.71. The van der Waals surface area contributed by atoms with Gasteiger partial charge in [0.2, 0.25) is 5.88 Å². The number of hydrogen-bond donors (Lipinski definition) is 1. The van der Waals surface area contributed by atoms with E-state index in [2.05, 4.69) is 4.98 Å². The lowest BCUT2D eigenvalue weighted by Crippen LogP contribution is -2.31. The van der Waals surface area contributed by atoms with Crippen molar-refractivity contribution >= 4 is 34.7 Å². The number of aromatic nitrogens is 2. The van der Waals surface area contributed by atoms with Gasteiger partial charge in [0, 0.05) is 30.0 Å². The SMILES string of the molecule is COc1ncccc1C(O)=C1C(=O)C(c2ccc(Cl)cc2)N(c2cc(C)c(=O)n(C)c2)C1=O. The van der Waals surface area contributed by atoms with E-state index in [1.807, 2.05) is 0 Å². The molecule has 1 unspecified atom stereocenters. The van der Waals surface area contributed by atoms with Gasteiger partial charge in [-0.2, -0.15) is 0 Å². The van der Waals surface area contributed by atoms with Crippen LogP contribution in [0.3, 0.4) is 0 Å². The smallest absolute Gasteiger partial charge is 0.266 e. The van der Waals surface area contributed by atoms with E-state index >= 15 is 0 Å². The van der Waals surface area contributed by atoms with Gasteiger partial charge in [0.25, 0.3) is 11.5 Å². The molecule has 0 bridgehead atoms. The number of benzene rings is 1. The molecule has 0 radical (unpaired) electrons. The second-order valence-corrected chi connectivity index (χ2v) is 8.01. The van der Waals surface area contributed by atoms with E-state index in [1.165, 1.54) is 35.0 Å². The van der Waals surface area contributed by atoms with Gasteiger partial charge >= 0.3 is 0 Å². The average Bonchev–Trinajstić information content (AvgIpc) is 3.07. The zero-order chi connectivity index (χ0) is 23.9. The van der Waals surface area contributed by atoms with Crippen molar-refractivity contribution in [3.05, 3.63) is 92.5 Å². The lowest BCUT2D eigenvalue weighted by atomic mass is 9.99. The zero-order valence-corrected chi connectivity index (χ0v) is 18.8. The standard InChI is InChI=1S/C24H20ClN3O5/c1-13-11-16(12-27(2)23(13)31)28-19(14-6-8-15(25)9-7-14)21(30)18(24(28)32)20(29)17-5-4-10-26-22(17)33-3/h4-12,19,29H,1-3H3. The second-order valence-electron chi connectivity index (χ2n) is 7.57. The molecule has 1 N–H and O–H groups in total. The van der Waals surface area contributed by atoms with Crippen molar-refractivity contribution in [2.75, 3.05) is 12.0 Å². The molecule has 1 amide bonds. The number of rotatable bonds is 4. The van der Waals surface area contributed by atoms with Crippen LogP contribution < -0.4 is 15.2 Å². The predicted octanol–water partition coefficient (Wildman–Crippen LogP) is 3.38. The minimum atomic E-state index is -1.06. The number of ketones is 1. The molecule has 168 valence electrons. The van der Waals surface area contributed by atoms with Crippen molar-refractivity contribution in [1.29, 1.82) is 0 Å². The molecule has 8 nitrogen and oxygen atoms in total. The van der Waals surface area contributed by atoms with Gasteiger partial charge in [-0.3, -0.25) is 19.3 Å². The molecule has 0 spiro atoms. The number of aliphatic hydroxyl groups is 1. The second kappa shape index (κ2) is 8.55. The van der Waals surface area contributed by atoms with Crippen molar-refractivity contribution in [1.82, 2.24) is 9.55 Å². The van der Waals surface area contributed by atoms with Crippen molar-refractivity contribution in [3.8, 4) is 5.88 Å². The molecular formula is C24H20ClN3O5. The first-order valence-electron chi connectivity index (χ1n) is 9.97. The molecular weight excluding hydrogens is 446 g/mol. The van der Waals surface area contributed by atoms with Crippen molar-refractivity contribution in [2.45, 2.75) is 13.0 Å². The number of carbonyl (C=O) groups is 2. The number of amides is 1. The topological polar surface area (TPSA) is 102 Å². The number of halogens is 1. The number of hydrogen-bond acceptors (Lipinski definition) is 6. The normalized spacial score (nSPS) is 17.5. The fraction of sp³-hybridized carbons (Fsp3) is 0.167. The average molecular weight is 466 g/mol. The summed E-state index contributed by atoms with van der Waals surface area (Å²) in [7, 11) is 2.94. The van der Waals surface area contributed by atoms with E-state index in [0.717, 1.165) is 0 Å². The molecule has 3 heterocycles.